The molecule has 1 N–H and O–H groups in total. The molecule has 6 rings (SSSR count). The standard InChI is InChI=1S/C30H31N3O4/c1-31-14-16-32(17-15-31)23-10-12-24(13-11-23)33-27(25-7-4-18-37-25)26(29(35)30(33)36)28(34)22-9-8-20-5-2-3-6-21(20)19-22/h4,7-13,18-19,27,34H,2-3,5-6,14-17H2,1H3/b28-26-. The van der Waals surface area contributed by atoms with Gasteiger partial charge < -0.3 is 19.3 Å². The average molecular weight is 498 g/mol. The summed E-state index contributed by atoms with van der Waals surface area (Å²) >= 11 is 0. The number of aliphatic hydroxyl groups excluding tert-OH is 1. The molecule has 37 heavy (non-hydrogen) atoms. The van der Waals surface area contributed by atoms with E-state index < -0.39 is 17.7 Å². The molecule has 3 heterocycles. The van der Waals surface area contributed by atoms with E-state index in [-0.39, 0.29) is 11.3 Å². The summed E-state index contributed by atoms with van der Waals surface area (Å²) in [6, 6.07) is 16.2. The van der Waals surface area contributed by atoms with Gasteiger partial charge in [0.05, 0.1) is 11.8 Å². The van der Waals surface area contributed by atoms with Crippen molar-refractivity contribution in [1.29, 1.82) is 0 Å². The van der Waals surface area contributed by atoms with Crippen molar-refractivity contribution in [2.24, 2.45) is 0 Å². The molecule has 2 fully saturated rings. The Morgan fingerprint density at radius 3 is 2.30 bits per heavy atom. The van der Waals surface area contributed by atoms with Gasteiger partial charge in [-0.05, 0) is 86.3 Å². The molecular weight excluding hydrogens is 466 g/mol. The van der Waals surface area contributed by atoms with Crippen LogP contribution in [0.4, 0.5) is 11.4 Å². The third-order valence-electron chi connectivity index (χ3n) is 7.88. The number of amides is 1. The summed E-state index contributed by atoms with van der Waals surface area (Å²) in [5, 5.41) is 11.4. The van der Waals surface area contributed by atoms with Crippen LogP contribution < -0.4 is 9.80 Å². The monoisotopic (exact) mass is 497 g/mol. The Kier molecular flexibility index (Phi) is 6.08. The zero-order valence-corrected chi connectivity index (χ0v) is 21.0. The van der Waals surface area contributed by atoms with E-state index in [0.29, 0.717) is 17.0 Å². The Morgan fingerprint density at radius 2 is 1.59 bits per heavy atom. The summed E-state index contributed by atoms with van der Waals surface area (Å²) in [4.78, 5) is 32.8. The van der Waals surface area contributed by atoms with Crippen LogP contribution >= 0.6 is 0 Å². The van der Waals surface area contributed by atoms with Gasteiger partial charge in [0.25, 0.3) is 11.7 Å². The number of Topliss-reactive ketones (excluding diaryl/α,β-unsaturated/α-hetero) is 1. The van der Waals surface area contributed by atoms with Gasteiger partial charge in [-0.1, -0.05) is 12.1 Å². The summed E-state index contributed by atoms with van der Waals surface area (Å²) in [5.41, 5.74) is 4.76. The van der Waals surface area contributed by atoms with Gasteiger partial charge in [-0.15, -0.1) is 0 Å². The SMILES string of the molecule is CN1CCN(c2ccc(N3C(=O)C(=O)/C(=C(\O)c4ccc5c(c4)CCCC5)C3c3ccco3)cc2)CC1. The van der Waals surface area contributed by atoms with E-state index in [0.717, 1.165) is 57.5 Å². The molecule has 0 radical (unpaired) electrons. The number of aryl methyl sites for hydroxylation is 2. The van der Waals surface area contributed by atoms with Crippen molar-refractivity contribution in [3.05, 3.63) is 88.9 Å². The molecule has 0 bridgehead atoms. The van der Waals surface area contributed by atoms with Crippen molar-refractivity contribution in [2.75, 3.05) is 43.0 Å². The number of ketones is 1. The zero-order chi connectivity index (χ0) is 25.5. The molecule has 0 saturated carbocycles. The van der Waals surface area contributed by atoms with E-state index in [1.807, 2.05) is 42.5 Å². The first-order chi connectivity index (χ1) is 18.0. The quantitative estimate of drug-likeness (QED) is 0.324. The van der Waals surface area contributed by atoms with Gasteiger partial charge in [-0.3, -0.25) is 14.5 Å². The van der Waals surface area contributed by atoms with Gasteiger partial charge in [0.2, 0.25) is 0 Å². The topological polar surface area (TPSA) is 77.2 Å². The molecular formula is C30H31N3O4. The molecule has 190 valence electrons. The Balaban J connectivity index is 1.39. The predicted molar refractivity (Wildman–Crippen MR) is 143 cm³/mol. The van der Waals surface area contributed by atoms with Gasteiger partial charge in [0, 0.05) is 43.1 Å². The van der Waals surface area contributed by atoms with Crippen LogP contribution in [-0.4, -0.2) is 54.9 Å². The third-order valence-corrected chi connectivity index (χ3v) is 7.88. The molecule has 2 aliphatic heterocycles. The number of furan rings is 1. The first-order valence-corrected chi connectivity index (χ1v) is 13.0. The Morgan fingerprint density at radius 1 is 0.892 bits per heavy atom. The minimum absolute atomic E-state index is 0.0545. The molecule has 1 aliphatic carbocycles. The third kappa shape index (κ3) is 4.23. The van der Waals surface area contributed by atoms with Gasteiger partial charge in [-0.25, -0.2) is 0 Å². The lowest BCUT2D eigenvalue weighted by atomic mass is 9.89. The molecule has 7 nitrogen and oxygen atoms in total. The van der Waals surface area contributed by atoms with Crippen LogP contribution in [0, 0.1) is 0 Å². The second kappa shape index (κ2) is 9.56. The maximum absolute atomic E-state index is 13.4. The first-order valence-electron chi connectivity index (χ1n) is 13.0. The number of nitrogens with zero attached hydrogens (tertiary/aromatic N) is 3. The Hall–Kier alpha value is -3.84. The highest BCUT2D eigenvalue weighted by Crippen LogP contribution is 2.43. The fraction of sp³-hybridized carbons (Fsp3) is 0.333. The summed E-state index contributed by atoms with van der Waals surface area (Å²) in [7, 11) is 2.12. The smallest absolute Gasteiger partial charge is 0.300 e. The lowest BCUT2D eigenvalue weighted by molar-refractivity contribution is -0.132. The second-order valence-electron chi connectivity index (χ2n) is 10.2. The van der Waals surface area contributed by atoms with E-state index in [1.54, 1.807) is 12.1 Å². The second-order valence-corrected chi connectivity index (χ2v) is 10.2. The number of piperazine rings is 1. The summed E-state index contributed by atoms with van der Waals surface area (Å²) in [6.45, 7) is 3.87. The van der Waals surface area contributed by atoms with Crippen molar-refractivity contribution in [3.8, 4) is 0 Å². The first kappa shape index (κ1) is 23.6. The van der Waals surface area contributed by atoms with E-state index in [9.17, 15) is 14.7 Å². The van der Waals surface area contributed by atoms with Crippen molar-refractivity contribution < 1.29 is 19.1 Å². The number of hydrogen-bond donors (Lipinski definition) is 1. The van der Waals surface area contributed by atoms with Crippen LogP contribution in [0.1, 0.15) is 41.3 Å². The van der Waals surface area contributed by atoms with E-state index in [1.165, 1.54) is 22.3 Å². The van der Waals surface area contributed by atoms with E-state index >= 15 is 0 Å². The number of rotatable bonds is 4. The predicted octanol–water partition coefficient (Wildman–Crippen LogP) is 4.54. The molecule has 1 aromatic heterocycles. The molecule has 3 aliphatic rings. The van der Waals surface area contributed by atoms with Crippen molar-refractivity contribution in [3.63, 3.8) is 0 Å². The van der Waals surface area contributed by atoms with Crippen molar-refractivity contribution in [2.45, 2.75) is 31.7 Å². The van der Waals surface area contributed by atoms with Crippen LogP contribution in [-0.2, 0) is 22.4 Å². The van der Waals surface area contributed by atoms with Crippen LogP contribution in [0.15, 0.2) is 70.9 Å². The van der Waals surface area contributed by atoms with Crippen molar-refractivity contribution in [1.82, 2.24) is 4.90 Å². The normalized spacial score (nSPS) is 21.9. The number of carbonyl (C=O) groups is 2. The molecule has 3 aromatic rings. The largest absolute Gasteiger partial charge is 0.507 e. The number of benzene rings is 2. The molecule has 2 aromatic carbocycles. The van der Waals surface area contributed by atoms with Crippen LogP contribution in [0.25, 0.3) is 5.76 Å². The zero-order valence-electron chi connectivity index (χ0n) is 21.0. The highest BCUT2D eigenvalue weighted by molar-refractivity contribution is 6.51. The molecule has 0 spiro atoms. The van der Waals surface area contributed by atoms with E-state index in [2.05, 4.69) is 16.8 Å². The van der Waals surface area contributed by atoms with Gasteiger partial charge in [-0.2, -0.15) is 0 Å². The highest BCUT2D eigenvalue weighted by Gasteiger charge is 2.48. The molecule has 2 saturated heterocycles. The fourth-order valence-electron chi connectivity index (χ4n) is 5.74. The molecule has 1 amide bonds. The minimum Gasteiger partial charge on any atom is -0.507 e. The highest BCUT2D eigenvalue weighted by atomic mass is 16.3. The molecule has 1 unspecified atom stereocenters. The maximum atomic E-state index is 13.4. The number of anilines is 2. The van der Waals surface area contributed by atoms with Crippen LogP contribution in [0.3, 0.4) is 0 Å². The summed E-state index contributed by atoms with van der Waals surface area (Å²) in [5.74, 6) is -1.11. The van der Waals surface area contributed by atoms with Crippen LogP contribution in [0.5, 0.6) is 0 Å². The Bertz CT molecular complexity index is 1350. The lowest BCUT2D eigenvalue weighted by Gasteiger charge is -2.34. The Labute approximate surface area is 216 Å². The fourth-order valence-corrected chi connectivity index (χ4v) is 5.74. The number of likely N-dealkylation sites (N-methyl/N-ethyl adjacent to an activating group) is 1. The number of hydrogen-bond acceptors (Lipinski definition) is 6. The van der Waals surface area contributed by atoms with Crippen LogP contribution in [0.2, 0.25) is 0 Å². The lowest BCUT2D eigenvalue weighted by Crippen LogP contribution is -2.44. The van der Waals surface area contributed by atoms with E-state index in [4.69, 9.17) is 4.42 Å². The van der Waals surface area contributed by atoms with Crippen molar-refractivity contribution >= 4 is 28.8 Å². The number of carbonyl (C=O) groups excluding carboxylic acids is 2. The molecule has 7 heteroatoms. The summed E-state index contributed by atoms with van der Waals surface area (Å²) in [6.07, 6.45) is 5.77. The number of fused-ring (bicyclic) bond motifs is 1. The molecule has 1 atom stereocenters. The average Bonchev–Trinajstić information content (AvgIpc) is 3.55. The minimum atomic E-state index is -0.847. The summed E-state index contributed by atoms with van der Waals surface area (Å²) < 4.78 is 5.70. The van der Waals surface area contributed by atoms with Gasteiger partial charge in [0.15, 0.2) is 0 Å². The van der Waals surface area contributed by atoms with Gasteiger partial charge >= 0.3 is 0 Å². The van der Waals surface area contributed by atoms with Gasteiger partial charge in [0.1, 0.15) is 17.6 Å². The number of aliphatic hydroxyl groups is 1. The maximum Gasteiger partial charge on any atom is 0.300 e.